The van der Waals surface area contributed by atoms with Crippen LogP contribution in [0.25, 0.3) is 0 Å². The summed E-state index contributed by atoms with van der Waals surface area (Å²) in [5, 5.41) is 17.8. The highest BCUT2D eigenvalue weighted by atomic mass is 14.5. The van der Waals surface area contributed by atoms with Crippen molar-refractivity contribution in [3.8, 4) is 12.1 Å². The molecule has 0 N–H and O–H groups in total. The lowest BCUT2D eigenvalue weighted by Crippen LogP contribution is -2.35. The molecule has 0 radical (unpaired) electrons. The Bertz CT molecular complexity index is 262. The summed E-state index contributed by atoms with van der Waals surface area (Å²) in [5.74, 6) is 0.617. The second kappa shape index (κ2) is 2.64. The molecule has 0 unspecified atom stereocenters. The van der Waals surface area contributed by atoms with Crippen LogP contribution < -0.4 is 0 Å². The summed E-state index contributed by atoms with van der Waals surface area (Å²) < 4.78 is 0. The topological polar surface area (TPSA) is 47.6 Å². The van der Waals surface area contributed by atoms with Crippen molar-refractivity contribution >= 4 is 0 Å². The van der Waals surface area contributed by atoms with Gasteiger partial charge in [0.05, 0.1) is 24.0 Å². The van der Waals surface area contributed by atoms with Crippen LogP contribution in [0.5, 0.6) is 0 Å². The maximum absolute atomic E-state index is 8.88. The second-order valence-electron chi connectivity index (χ2n) is 3.60. The van der Waals surface area contributed by atoms with Gasteiger partial charge in [-0.3, -0.25) is 0 Å². The second-order valence-corrected chi connectivity index (χ2v) is 3.60. The van der Waals surface area contributed by atoms with Crippen molar-refractivity contribution in [2.75, 3.05) is 0 Å². The van der Waals surface area contributed by atoms with E-state index in [0.717, 1.165) is 12.8 Å². The minimum absolute atomic E-state index is 0.0428. The van der Waals surface area contributed by atoms with E-state index in [0.29, 0.717) is 11.8 Å². The van der Waals surface area contributed by atoms with E-state index in [-0.39, 0.29) is 11.8 Å². The van der Waals surface area contributed by atoms with Gasteiger partial charge in [0.25, 0.3) is 0 Å². The van der Waals surface area contributed by atoms with Crippen LogP contribution in [-0.4, -0.2) is 0 Å². The Morgan fingerprint density at radius 2 is 1.33 bits per heavy atom. The van der Waals surface area contributed by atoms with E-state index in [2.05, 4.69) is 24.3 Å². The Morgan fingerprint density at radius 1 is 0.917 bits per heavy atom. The Kier molecular flexibility index (Phi) is 1.62. The first-order valence-corrected chi connectivity index (χ1v) is 4.34. The minimum Gasteiger partial charge on any atom is -0.198 e. The first kappa shape index (κ1) is 7.37. The van der Waals surface area contributed by atoms with E-state index in [1.807, 2.05) is 0 Å². The van der Waals surface area contributed by atoms with Gasteiger partial charge in [-0.25, -0.2) is 0 Å². The molecule has 12 heavy (non-hydrogen) atoms. The molecule has 0 aliphatic heterocycles. The van der Waals surface area contributed by atoms with E-state index in [1.54, 1.807) is 0 Å². The number of allylic oxidation sites excluding steroid dienone is 2. The monoisotopic (exact) mass is 158 g/mol. The summed E-state index contributed by atoms with van der Waals surface area (Å²) in [6.45, 7) is 0. The molecule has 0 aromatic heterocycles. The highest BCUT2D eigenvalue weighted by molar-refractivity contribution is 5.18. The Balaban J connectivity index is 2.33. The Labute approximate surface area is 72.1 Å². The molecule has 0 aromatic carbocycles. The van der Waals surface area contributed by atoms with Gasteiger partial charge in [0.15, 0.2) is 0 Å². The van der Waals surface area contributed by atoms with Gasteiger partial charge in [-0.05, 0) is 24.7 Å². The SMILES string of the molecule is N#C[C@@H]1[C@H](C#N)[C@H]2C=C[C@@H]1CC2. The molecule has 3 aliphatic carbocycles. The summed E-state index contributed by atoms with van der Waals surface area (Å²) in [6.07, 6.45) is 6.43. The van der Waals surface area contributed by atoms with Crippen LogP contribution in [0, 0.1) is 46.3 Å². The molecule has 0 amide bonds. The van der Waals surface area contributed by atoms with Crippen LogP contribution in [0.2, 0.25) is 0 Å². The van der Waals surface area contributed by atoms with Crippen LogP contribution in [0.3, 0.4) is 0 Å². The quantitative estimate of drug-likeness (QED) is 0.505. The number of rotatable bonds is 0. The van der Waals surface area contributed by atoms with E-state index >= 15 is 0 Å². The maximum atomic E-state index is 8.88. The zero-order valence-electron chi connectivity index (χ0n) is 6.77. The van der Waals surface area contributed by atoms with Crippen molar-refractivity contribution in [1.29, 1.82) is 10.5 Å². The zero-order valence-corrected chi connectivity index (χ0v) is 6.77. The summed E-state index contributed by atoms with van der Waals surface area (Å²) in [6, 6.07) is 4.53. The molecule has 2 bridgehead atoms. The fourth-order valence-corrected chi connectivity index (χ4v) is 2.35. The lowest BCUT2D eigenvalue weighted by Gasteiger charge is -2.38. The van der Waals surface area contributed by atoms with Crippen molar-refractivity contribution in [2.24, 2.45) is 23.7 Å². The molecular formula is C10H10N2. The maximum Gasteiger partial charge on any atom is 0.0689 e. The lowest BCUT2D eigenvalue weighted by atomic mass is 9.63. The molecule has 0 saturated heterocycles. The third-order valence-electron chi connectivity index (χ3n) is 3.05. The summed E-state index contributed by atoms with van der Waals surface area (Å²) >= 11 is 0. The highest BCUT2D eigenvalue weighted by Crippen LogP contribution is 2.43. The average Bonchev–Trinajstić information content (AvgIpc) is 2.18. The van der Waals surface area contributed by atoms with Crippen LogP contribution in [0.1, 0.15) is 12.8 Å². The van der Waals surface area contributed by atoms with Crippen molar-refractivity contribution < 1.29 is 0 Å². The summed E-state index contributed by atoms with van der Waals surface area (Å²) in [5.41, 5.74) is 0. The lowest BCUT2D eigenvalue weighted by molar-refractivity contribution is 0.209. The molecule has 1 saturated carbocycles. The van der Waals surface area contributed by atoms with Crippen LogP contribution in [-0.2, 0) is 0 Å². The third kappa shape index (κ3) is 0.850. The largest absolute Gasteiger partial charge is 0.198 e. The number of nitrogens with zero attached hydrogens (tertiary/aromatic N) is 2. The fraction of sp³-hybridized carbons (Fsp3) is 0.600. The van der Waals surface area contributed by atoms with Crippen molar-refractivity contribution in [3.05, 3.63) is 12.2 Å². The third-order valence-corrected chi connectivity index (χ3v) is 3.05. The molecule has 4 atom stereocenters. The molecule has 60 valence electrons. The molecule has 3 aliphatic rings. The van der Waals surface area contributed by atoms with Gasteiger partial charge in [0.2, 0.25) is 0 Å². The van der Waals surface area contributed by atoms with E-state index in [1.165, 1.54) is 0 Å². The number of hydrogen-bond acceptors (Lipinski definition) is 2. The minimum atomic E-state index is -0.0428. The smallest absolute Gasteiger partial charge is 0.0689 e. The van der Waals surface area contributed by atoms with Gasteiger partial charge in [0.1, 0.15) is 0 Å². The van der Waals surface area contributed by atoms with Gasteiger partial charge in [-0.2, -0.15) is 10.5 Å². The first-order valence-electron chi connectivity index (χ1n) is 4.34. The van der Waals surface area contributed by atoms with Crippen molar-refractivity contribution in [2.45, 2.75) is 12.8 Å². The number of nitriles is 2. The van der Waals surface area contributed by atoms with E-state index in [4.69, 9.17) is 10.5 Å². The van der Waals surface area contributed by atoms with Gasteiger partial charge in [0, 0.05) is 0 Å². The van der Waals surface area contributed by atoms with Crippen molar-refractivity contribution in [1.82, 2.24) is 0 Å². The highest BCUT2D eigenvalue weighted by Gasteiger charge is 2.40. The molecule has 2 nitrogen and oxygen atoms in total. The molecule has 3 rings (SSSR count). The predicted octanol–water partition coefficient (Wildman–Crippen LogP) is 1.86. The predicted molar refractivity (Wildman–Crippen MR) is 43.6 cm³/mol. The number of fused-ring (bicyclic) bond motifs is 2. The average molecular weight is 158 g/mol. The first-order chi connectivity index (χ1) is 5.86. The summed E-state index contributed by atoms with van der Waals surface area (Å²) in [4.78, 5) is 0. The van der Waals surface area contributed by atoms with Gasteiger partial charge < -0.3 is 0 Å². The molecule has 0 spiro atoms. The van der Waals surface area contributed by atoms with Crippen molar-refractivity contribution in [3.63, 3.8) is 0 Å². The van der Waals surface area contributed by atoms with E-state index < -0.39 is 0 Å². The van der Waals surface area contributed by atoms with Gasteiger partial charge in [-0.15, -0.1) is 0 Å². The van der Waals surface area contributed by atoms with E-state index in [9.17, 15) is 0 Å². The normalized spacial score (nSPS) is 43.5. The molecule has 0 heterocycles. The number of hydrogen-bond donors (Lipinski definition) is 0. The fourth-order valence-electron chi connectivity index (χ4n) is 2.35. The molecule has 2 heteroatoms. The molecule has 1 fully saturated rings. The standard InChI is InChI=1S/C10H10N2/c11-5-9-7-1-2-8(4-3-7)10(9)6-12/h1-2,7-10H,3-4H2/t7-,8+,9+,10-. The van der Waals surface area contributed by atoms with Gasteiger partial charge >= 0.3 is 0 Å². The summed E-state index contributed by atoms with van der Waals surface area (Å²) in [7, 11) is 0. The van der Waals surface area contributed by atoms with Crippen LogP contribution in [0.4, 0.5) is 0 Å². The Hall–Kier alpha value is -1.28. The van der Waals surface area contributed by atoms with Crippen LogP contribution >= 0.6 is 0 Å². The van der Waals surface area contributed by atoms with Gasteiger partial charge in [-0.1, -0.05) is 12.2 Å². The zero-order chi connectivity index (χ0) is 8.55. The Morgan fingerprint density at radius 3 is 1.58 bits per heavy atom. The van der Waals surface area contributed by atoms with Crippen LogP contribution in [0.15, 0.2) is 12.2 Å². The molecular weight excluding hydrogens is 148 g/mol. The molecule has 0 aromatic rings.